The summed E-state index contributed by atoms with van der Waals surface area (Å²) in [6, 6.07) is 3.15. The van der Waals surface area contributed by atoms with Crippen molar-refractivity contribution in [2.45, 2.75) is 30.8 Å². The molecule has 0 saturated carbocycles. The molecule has 1 aromatic rings. The fourth-order valence-corrected chi connectivity index (χ4v) is 2.34. The lowest BCUT2D eigenvalue weighted by atomic mass is 10.1. The minimum absolute atomic E-state index is 0.122. The fourth-order valence-electron chi connectivity index (χ4n) is 1.15. The highest BCUT2D eigenvalue weighted by atomic mass is 32.2. The first kappa shape index (κ1) is 14.9. The molecule has 0 aliphatic carbocycles. The summed E-state index contributed by atoms with van der Waals surface area (Å²) in [5, 5.41) is 9.72. The molecule has 5 nitrogen and oxygen atoms in total. The fraction of sp³-hybridized carbons (Fsp3) is 0.455. The predicted octanol–water partition coefficient (Wildman–Crippen LogP) is 0.847. The maximum atomic E-state index is 12.9. The van der Waals surface area contributed by atoms with Crippen LogP contribution in [0.3, 0.4) is 0 Å². The number of benzene rings is 1. The van der Waals surface area contributed by atoms with Crippen LogP contribution in [0.1, 0.15) is 20.3 Å². The molecule has 0 saturated heterocycles. The number of halogens is 1. The number of nitrogens with one attached hydrogen (secondary N) is 1. The van der Waals surface area contributed by atoms with Crippen LogP contribution in [-0.4, -0.2) is 25.7 Å². The van der Waals surface area contributed by atoms with Gasteiger partial charge < -0.3 is 10.8 Å². The van der Waals surface area contributed by atoms with Gasteiger partial charge in [-0.3, -0.25) is 0 Å². The zero-order chi connectivity index (χ0) is 14.0. The second-order valence-electron chi connectivity index (χ2n) is 4.36. The molecule has 102 valence electrons. The molecule has 1 unspecified atom stereocenters. The monoisotopic (exact) mass is 276 g/mol. The molecule has 0 heterocycles. The molecule has 0 radical (unpaired) electrons. The minimum atomic E-state index is -3.80. The third kappa shape index (κ3) is 3.66. The number of rotatable bonds is 5. The summed E-state index contributed by atoms with van der Waals surface area (Å²) in [6.07, 6.45) is 0.404. The Balaban J connectivity index is 2.90. The topological polar surface area (TPSA) is 92.4 Å². The van der Waals surface area contributed by atoms with E-state index in [0.717, 1.165) is 18.2 Å². The van der Waals surface area contributed by atoms with Crippen molar-refractivity contribution < 1.29 is 17.9 Å². The zero-order valence-corrected chi connectivity index (χ0v) is 11.1. The number of aliphatic hydroxyl groups is 1. The van der Waals surface area contributed by atoms with Gasteiger partial charge in [-0.15, -0.1) is 0 Å². The van der Waals surface area contributed by atoms with Crippen molar-refractivity contribution in [3.8, 4) is 0 Å². The minimum Gasteiger partial charge on any atom is -0.396 e. The number of hydrogen-bond donors (Lipinski definition) is 3. The Morgan fingerprint density at radius 1 is 1.50 bits per heavy atom. The third-order valence-electron chi connectivity index (χ3n) is 2.68. The maximum absolute atomic E-state index is 12.9. The Morgan fingerprint density at radius 2 is 2.11 bits per heavy atom. The maximum Gasteiger partial charge on any atom is 0.240 e. The van der Waals surface area contributed by atoms with E-state index < -0.39 is 21.4 Å². The van der Waals surface area contributed by atoms with E-state index in [1.54, 1.807) is 6.92 Å². The second kappa shape index (κ2) is 5.21. The summed E-state index contributed by atoms with van der Waals surface area (Å²) in [6.45, 7) is 3.14. The van der Waals surface area contributed by atoms with Gasteiger partial charge in [0.15, 0.2) is 0 Å². The van der Waals surface area contributed by atoms with E-state index in [1.807, 2.05) is 0 Å². The van der Waals surface area contributed by atoms with Crippen molar-refractivity contribution in [2.75, 3.05) is 12.3 Å². The molecule has 1 atom stereocenters. The smallest absolute Gasteiger partial charge is 0.240 e. The van der Waals surface area contributed by atoms with Crippen molar-refractivity contribution in [3.05, 3.63) is 24.0 Å². The largest absolute Gasteiger partial charge is 0.396 e. The summed E-state index contributed by atoms with van der Waals surface area (Å²) >= 11 is 0. The Kier molecular flexibility index (Phi) is 4.31. The molecule has 0 aromatic heterocycles. The van der Waals surface area contributed by atoms with Gasteiger partial charge in [-0.05, 0) is 31.5 Å². The molecule has 7 heteroatoms. The van der Waals surface area contributed by atoms with E-state index in [2.05, 4.69) is 4.72 Å². The predicted molar refractivity (Wildman–Crippen MR) is 66.9 cm³/mol. The molecule has 4 N–H and O–H groups in total. The standard InChI is InChI=1S/C11H17FN2O3S/c1-3-11(2,15)7-14-18(16,17)8-4-5-9(12)10(13)6-8/h4-6,14-15H,3,7,13H2,1-2H3. The Labute approximate surface area is 106 Å². The van der Waals surface area contributed by atoms with E-state index in [1.165, 1.54) is 6.92 Å². The summed E-state index contributed by atoms with van der Waals surface area (Å²) in [4.78, 5) is -0.131. The van der Waals surface area contributed by atoms with Crippen LogP contribution in [0, 0.1) is 5.82 Å². The molecule has 0 aliphatic rings. The lowest BCUT2D eigenvalue weighted by molar-refractivity contribution is 0.0613. The molecule has 0 amide bonds. The van der Waals surface area contributed by atoms with Gasteiger partial charge in [0.05, 0.1) is 16.2 Å². The molecule has 0 bridgehead atoms. The lowest BCUT2D eigenvalue weighted by Crippen LogP contribution is -2.40. The zero-order valence-electron chi connectivity index (χ0n) is 10.3. The first-order valence-electron chi connectivity index (χ1n) is 5.45. The number of sulfonamides is 1. The third-order valence-corrected chi connectivity index (χ3v) is 4.08. The van der Waals surface area contributed by atoms with Crippen LogP contribution in [0.2, 0.25) is 0 Å². The van der Waals surface area contributed by atoms with Gasteiger partial charge in [0.25, 0.3) is 0 Å². The number of anilines is 1. The number of hydrogen-bond acceptors (Lipinski definition) is 4. The van der Waals surface area contributed by atoms with Crippen LogP contribution in [0.25, 0.3) is 0 Å². The van der Waals surface area contributed by atoms with Crippen LogP contribution in [-0.2, 0) is 10.0 Å². The first-order valence-corrected chi connectivity index (χ1v) is 6.93. The second-order valence-corrected chi connectivity index (χ2v) is 6.13. The lowest BCUT2D eigenvalue weighted by Gasteiger charge is -2.21. The molecular formula is C11H17FN2O3S. The molecule has 0 spiro atoms. The average Bonchev–Trinajstić information content (AvgIpc) is 2.30. The SMILES string of the molecule is CCC(C)(O)CNS(=O)(=O)c1ccc(F)c(N)c1. The van der Waals surface area contributed by atoms with Gasteiger partial charge >= 0.3 is 0 Å². The Morgan fingerprint density at radius 3 is 2.61 bits per heavy atom. The molecule has 18 heavy (non-hydrogen) atoms. The molecule has 0 fully saturated rings. The normalized spacial score (nSPS) is 15.3. The van der Waals surface area contributed by atoms with Gasteiger partial charge in [-0.1, -0.05) is 6.92 Å². The van der Waals surface area contributed by atoms with Gasteiger partial charge in [0, 0.05) is 6.54 Å². The van der Waals surface area contributed by atoms with Crippen molar-refractivity contribution in [1.82, 2.24) is 4.72 Å². The van der Waals surface area contributed by atoms with E-state index >= 15 is 0 Å². The van der Waals surface area contributed by atoms with Crippen LogP contribution < -0.4 is 10.5 Å². The summed E-state index contributed by atoms with van der Waals surface area (Å²) < 4.78 is 38.9. The first-order chi connectivity index (χ1) is 8.18. The van der Waals surface area contributed by atoms with E-state index in [-0.39, 0.29) is 17.1 Å². The summed E-state index contributed by atoms with van der Waals surface area (Å²) in [5.41, 5.74) is 3.95. The molecule has 0 aliphatic heterocycles. The average molecular weight is 276 g/mol. The van der Waals surface area contributed by atoms with E-state index in [0.29, 0.717) is 6.42 Å². The highest BCUT2D eigenvalue weighted by Crippen LogP contribution is 2.17. The van der Waals surface area contributed by atoms with Gasteiger partial charge in [-0.25, -0.2) is 17.5 Å². The number of nitrogens with two attached hydrogens (primary N) is 1. The van der Waals surface area contributed by atoms with Crippen LogP contribution >= 0.6 is 0 Å². The highest BCUT2D eigenvalue weighted by Gasteiger charge is 2.22. The van der Waals surface area contributed by atoms with Gasteiger partial charge in [0.2, 0.25) is 10.0 Å². The van der Waals surface area contributed by atoms with Crippen LogP contribution in [0.5, 0.6) is 0 Å². The van der Waals surface area contributed by atoms with Crippen molar-refractivity contribution >= 4 is 15.7 Å². The quantitative estimate of drug-likeness (QED) is 0.695. The van der Waals surface area contributed by atoms with E-state index in [9.17, 15) is 17.9 Å². The van der Waals surface area contributed by atoms with Crippen LogP contribution in [0.15, 0.2) is 23.1 Å². The Hall–Kier alpha value is -1.18. The van der Waals surface area contributed by atoms with Crippen LogP contribution in [0.4, 0.5) is 10.1 Å². The molecular weight excluding hydrogens is 259 g/mol. The number of nitrogen functional groups attached to an aromatic ring is 1. The summed E-state index contributed by atoms with van der Waals surface area (Å²) in [5.74, 6) is -0.672. The van der Waals surface area contributed by atoms with Crippen molar-refractivity contribution in [3.63, 3.8) is 0 Å². The van der Waals surface area contributed by atoms with Gasteiger partial charge in [-0.2, -0.15) is 0 Å². The van der Waals surface area contributed by atoms with Gasteiger partial charge in [0.1, 0.15) is 5.82 Å². The summed E-state index contributed by atoms with van der Waals surface area (Å²) in [7, 11) is -3.80. The Bertz CT molecular complexity index is 529. The molecule has 1 aromatic carbocycles. The van der Waals surface area contributed by atoms with Crippen molar-refractivity contribution in [1.29, 1.82) is 0 Å². The highest BCUT2D eigenvalue weighted by molar-refractivity contribution is 7.89. The van der Waals surface area contributed by atoms with Crippen molar-refractivity contribution in [2.24, 2.45) is 0 Å². The van der Waals surface area contributed by atoms with E-state index in [4.69, 9.17) is 5.73 Å². The molecule has 1 rings (SSSR count).